The highest BCUT2D eigenvalue weighted by molar-refractivity contribution is 6.13. The van der Waals surface area contributed by atoms with Gasteiger partial charge in [0, 0.05) is 41.1 Å². The largest absolute Gasteiger partial charge is 0.461 e. The summed E-state index contributed by atoms with van der Waals surface area (Å²) in [6, 6.07) is 12.7. The van der Waals surface area contributed by atoms with Crippen LogP contribution in [-0.4, -0.2) is 38.2 Å². The number of hydrogen-bond acceptors (Lipinski definition) is 6. The fourth-order valence-electron chi connectivity index (χ4n) is 3.12. The van der Waals surface area contributed by atoms with Gasteiger partial charge in [0.1, 0.15) is 0 Å². The quantitative estimate of drug-likeness (QED) is 0.278. The van der Waals surface area contributed by atoms with Crippen molar-refractivity contribution in [3.8, 4) is 5.69 Å². The number of hydrogen-bond donors (Lipinski definition) is 2. The van der Waals surface area contributed by atoms with Crippen LogP contribution < -0.4 is 5.32 Å². The number of rotatable bonds is 6. The zero-order valence-electron chi connectivity index (χ0n) is 16.4. The van der Waals surface area contributed by atoms with Gasteiger partial charge in [0.05, 0.1) is 22.8 Å². The average molecular weight is 419 g/mol. The lowest BCUT2D eigenvalue weighted by Crippen LogP contribution is -2.12. The van der Waals surface area contributed by atoms with E-state index < -0.39 is 16.8 Å². The number of nitrogens with one attached hydrogen (secondary N) is 2. The number of carbonyl (C=O) groups excluding carboxylic acids is 2. The maximum Gasteiger partial charge on any atom is 0.358 e. The van der Waals surface area contributed by atoms with E-state index in [1.807, 2.05) is 0 Å². The first kappa shape index (κ1) is 19.8. The van der Waals surface area contributed by atoms with Crippen LogP contribution in [0.25, 0.3) is 16.6 Å². The molecule has 2 heterocycles. The molecule has 0 radical (unpaired) electrons. The average Bonchev–Trinajstić information content (AvgIpc) is 3.41. The van der Waals surface area contributed by atoms with Crippen molar-refractivity contribution in [2.45, 2.75) is 6.92 Å². The molecule has 4 rings (SSSR count). The molecule has 156 valence electrons. The normalized spacial score (nSPS) is 10.7. The summed E-state index contributed by atoms with van der Waals surface area (Å²) in [4.78, 5) is 38.1. The van der Waals surface area contributed by atoms with Gasteiger partial charge in [-0.25, -0.2) is 9.48 Å². The summed E-state index contributed by atoms with van der Waals surface area (Å²) < 4.78 is 6.43. The number of non-ortho nitro benzene ring substituents is 1. The molecule has 2 N–H and O–H groups in total. The number of benzene rings is 2. The Kier molecular flexibility index (Phi) is 5.19. The predicted octanol–water partition coefficient (Wildman–Crippen LogP) is 3.69. The summed E-state index contributed by atoms with van der Waals surface area (Å²) >= 11 is 0. The number of ether oxygens (including phenoxy) is 1. The lowest BCUT2D eigenvalue weighted by Gasteiger charge is -2.07. The molecule has 2 aromatic carbocycles. The number of anilines is 1. The van der Waals surface area contributed by atoms with Crippen molar-refractivity contribution < 1.29 is 19.2 Å². The van der Waals surface area contributed by atoms with E-state index in [0.29, 0.717) is 22.3 Å². The van der Waals surface area contributed by atoms with E-state index in [1.54, 1.807) is 49.5 Å². The zero-order chi connectivity index (χ0) is 22.0. The molecule has 0 unspecified atom stereocenters. The third kappa shape index (κ3) is 3.99. The molecule has 31 heavy (non-hydrogen) atoms. The third-order valence-electron chi connectivity index (χ3n) is 4.56. The van der Waals surface area contributed by atoms with Gasteiger partial charge in [0.25, 0.3) is 11.6 Å². The zero-order valence-corrected chi connectivity index (χ0v) is 16.4. The van der Waals surface area contributed by atoms with Crippen LogP contribution in [0.4, 0.5) is 11.4 Å². The van der Waals surface area contributed by atoms with Gasteiger partial charge in [-0.15, -0.1) is 0 Å². The van der Waals surface area contributed by atoms with Crippen molar-refractivity contribution in [3.63, 3.8) is 0 Å². The van der Waals surface area contributed by atoms with Crippen LogP contribution in [0.1, 0.15) is 27.8 Å². The minimum absolute atomic E-state index is 0.0979. The van der Waals surface area contributed by atoms with E-state index in [4.69, 9.17) is 4.74 Å². The van der Waals surface area contributed by atoms with Crippen molar-refractivity contribution in [2.75, 3.05) is 11.9 Å². The van der Waals surface area contributed by atoms with Crippen LogP contribution in [0, 0.1) is 10.1 Å². The maximum absolute atomic E-state index is 12.8. The van der Waals surface area contributed by atoms with Gasteiger partial charge in [-0.2, -0.15) is 5.10 Å². The highest BCUT2D eigenvalue weighted by Crippen LogP contribution is 2.25. The molecule has 0 aliphatic heterocycles. The molecular weight excluding hydrogens is 402 g/mol. The SMILES string of the molecule is CCOC(=O)c1ccn(-c2cccc(NC(=O)c3c[nH]c4ccc([N+](=O)[O-])cc34)c2)n1. The van der Waals surface area contributed by atoms with Gasteiger partial charge in [0.15, 0.2) is 5.69 Å². The number of carbonyl (C=O) groups is 2. The first-order chi connectivity index (χ1) is 15.0. The Labute approximate surface area is 175 Å². The lowest BCUT2D eigenvalue weighted by molar-refractivity contribution is -0.384. The van der Waals surface area contributed by atoms with Crippen LogP contribution >= 0.6 is 0 Å². The molecule has 1 amide bonds. The molecule has 0 fully saturated rings. The number of aromatic amines is 1. The Morgan fingerprint density at radius 3 is 2.84 bits per heavy atom. The summed E-state index contributed by atoms with van der Waals surface area (Å²) in [5.74, 6) is -0.935. The number of amides is 1. The predicted molar refractivity (Wildman–Crippen MR) is 112 cm³/mol. The standard InChI is InChI=1S/C21H17N5O5/c1-2-31-21(28)19-8-9-25(24-19)14-5-3-4-13(10-14)23-20(27)17-12-22-18-7-6-15(26(29)30)11-16(17)18/h3-12,22H,2H2,1H3,(H,23,27). The van der Waals surface area contributed by atoms with Crippen LogP contribution in [0.15, 0.2) is 60.9 Å². The van der Waals surface area contributed by atoms with E-state index in [0.717, 1.165) is 0 Å². The Balaban J connectivity index is 1.58. The second-order valence-electron chi connectivity index (χ2n) is 6.56. The van der Waals surface area contributed by atoms with E-state index in [-0.39, 0.29) is 23.6 Å². The Hall–Kier alpha value is -4.47. The van der Waals surface area contributed by atoms with Gasteiger partial charge in [-0.1, -0.05) is 6.07 Å². The first-order valence-electron chi connectivity index (χ1n) is 9.36. The molecule has 2 aromatic heterocycles. The third-order valence-corrected chi connectivity index (χ3v) is 4.56. The highest BCUT2D eigenvalue weighted by Gasteiger charge is 2.16. The number of aromatic nitrogens is 3. The van der Waals surface area contributed by atoms with Crippen molar-refractivity contribution in [2.24, 2.45) is 0 Å². The Bertz CT molecular complexity index is 1310. The van der Waals surface area contributed by atoms with Crippen LogP contribution in [0.5, 0.6) is 0 Å². The molecule has 0 aliphatic rings. The second kappa shape index (κ2) is 8.11. The molecular formula is C21H17N5O5. The molecule has 0 saturated carbocycles. The molecule has 0 spiro atoms. The van der Waals surface area contributed by atoms with Crippen molar-refractivity contribution in [3.05, 3.63) is 82.3 Å². The number of esters is 1. The fraction of sp³-hybridized carbons (Fsp3) is 0.0952. The lowest BCUT2D eigenvalue weighted by atomic mass is 10.1. The molecule has 0 atom stereocenters. The number of H-pyrrole nitrogens is 1. The first-order valence-corrected chi connectivity index (χ1v) is 9.36. The molecule has 0 bridgehead atoms. The minimum atomic E-state index is -0.515. The number of nitro benzene ring substituents is 1. The van der Waals surface area contributed by atoms with Crippen LogP contribution in [0.2, 0.25) is 0 Å². The summed E-state index contributed by atoms with van der Waals surface area (Å²) in [6.45, 7) is 1.97. The topological polar surface area (TPSA) is 132 Å². The molecule has 0 aliphatic carbocycles. The summed E-state index contributed by atoms with van der Waals surface area (Å²) in [6.07, 6.45) is 3.12. The monoisotopic (exact) mass is 419 g/mol. The van der Waals surface area contributed by atoms with Crippen LogP contribution in [0.3, 0.4) is 0 Å². The van der Waals surface area contributed by atoms with Gasteiger partial charge >= 0.3 is 5.97 Å². The number of nitrogens with zero attached hydrogens (tertiary/aromatic N) is 3. The molecule has 10 nitrogen and oxygen atoms in total. The van der Waals surface area contributed by atoms with E-state index >= 15 is 0 Å². The minimum Gasteiger partial charge on any atom is -0.461 e. The van der Waals surface area contributed by atoms with Gasteiger partial charge in [0.2, 0.25) is 0 Å². The van der Waals surface area contributed by atoms with E-state index in [9.17, 15) is 19.7 Å². The summed E-state index contributed by atoms with van der Waals surface area (Å²) in [5, 5.41) is 18.5. The fourth-order valence-corrected chi connectivity index (χ4v) is 3.12. The van der Waals surface area contributed by atoms with Crippen molar-refractivity contribution in [1.82, 2.24) is 14.8 Å². The van der Waals surface area contributed by atoms with Gasteiger partial charge < -0.3 is 15.0 Å². The molecule has 10 heteroatoms. The Morgan fingerprint density at radius 2 is 2.06 bits per heavy atom. The highest BCUT2D eigenvalue weighted by atomic mass is 16.6. The van der Waals surface area contributed by atoms with Gasteiger partial charge in [-0.3, -0.25) is 14.9 Å². The number of nitro groups is 1. The summed E-state index contributed by atoms with van der Waals surface area (Å²) in [7, 11) is 0. The smallest absolute Gasteiger partial charge is 0.358 e. The van der Waals surface area contributed by atoms with Crippen LogP contribution in [-0.2, 0) is 4.74 Å². The van der Waals surface area contributed by atoms with Crippen molar-refractivity contribution >= 4 is 34.2 Å². The summed E-state index contributed by atoms with van der Waals surface area (Å²) in [5.41, 5.74) is 2.11. The molecule has 0 saturated heterocycles. The second-order valence-corrected chi connectivity index (χ2v) is 6.56. The number of fused-ring (bicyclic) bond motifs is 1. The van der Waals surface area contributed by atoms with E-state index in [1.165, 1.54) is 23.0 Å². The van der Waals surface area contributed by atoms with Crippen molar-refractivity contribution in [1.29, 1.82) is 0 Å². The van der Waals surface area contributed by atoms with Gasteiger partial charge in [-0.05, 0) is 37.3 Å². The molecule has 4 aromatic rings. The maximum atomic E-state index is 12.8. The Morgan fingerprint density at radius 1 is 1.23 bits per heavy atom. The van der Waals surface area contributed by atoms with E-state index in [2.05, 4.69) is 15.4 Å².